The van der Waals surface area contributed by atoms with Gasteiger partial charge in [0.15, 0.2) is 0 Å². The van der Waals surface area contributed by atoms with Crippen molar-refractivity contribution in [3.8, 4) is 16.9 Å². The summed E-state index contributed by atoms with van der Waals surface area (Å²) in [6.45, 7) is 7.70. The van der Waals surface area contributed by atoms with Gasteiger partial charge in [0.2, 0.25) is 0 Å². The van der Waals surface area contributed by atoms with Crippen LogP contribution in [0.1, 0.15) is 18.7 Å². The lowest BCUT2D eigenvalue weighted by atomic mass is 9.87. The molecule has 1 amide bonds. The normalized spacial score (nSPS) is 15.0. The van der Waals surface area contributed by atoms with E-state index in [4.69, 9.17) is 17.0 Å². The fourth-order valence-electron chi connectivity index (χ4n) is 2.87. The van der Waals surface area contributed by atoms with Crippen molar-refractivity contribution in [1.29, 1.82) is 0 Å². The lowest BCUT2D eigenvalue weighted by molar-refractivity contribution is -0.115. The number of hydrogen-bond donors (Lipinski definition) is 0. The molecule has 22 heavy (non-hydrogen) atoms. The number of fused-ring (bicyclic) bond motifs is 3. The predicted molar refractivity (Wildman–Crippen MR) is 95.7 cm³/mol. The van der Waals surface area contributed by atoms with E-state index in [1.165, 1.54) is 6.08 Å². The summed E-state index contributed by atoms with van der Waals surface area (Å²) >= 11 is 5.53. The summed E-state index contributed by atoms with van der Waals surface area (Å²) in [7, 11) is 4.82. The van der Waals surface area contributed by atoms with Gasteiger partial charge in [0.05, 0.1) is 23.2 Å². The summed E-state index contributed by atoms with van der Waals surface area (Å²) in [6, 6.07) is 5.78. The molecule has 0 N–H and O–H groups in total. The minimum Gasteiger partial charge on any atom is -0.495 e. The number of anilines is 1. The molecule has 6 heteroatoms. The van der Waals surface area contributed by atoms with Gasteiger partial charge in [0.1, 0.15) is 9.57 Å². The van der Waals surface area contributed by atoms with Gasteiger partial charge in [-0.05, 0) is 26.0 Å². The van der Waals surface area contributed by atoms with Crippen LogP contribution in [-0.2, 0) is 10.3 Å². The Bertz CT molecular complexity index is 832. The van der Waals surface area contributed by atoms with Crippen LogP contribution in [-0.4, -0.2) is 13.0 Å². The topological polar surface area (TPSA) is 29.5 Å². The molecule has 3 nitrogen and oxygen atoms in total. The Balaban J connectivity index is 2.45. The molecule has 1 aliphatic rings. The molecule has 0 aliphatic carbocycles. The summed E-state index contributed by atoms with van der Waals surface area (Å²) in [5, 5.41) is 0. The van der Waals surface area contributed by atoms with Crippen molar-refractivity contribution >= 4 is 44.5 Å². The second-order valence-corrected chi connectivity index (χ2v) is 8.27. The van der Waals surface area contributed by atoms with Crippen LogP contribution in [0.3, 0.4) is 0 Å². The fraction of sp³-hybridized carbons (Fsp3) is 0.250. The molecule has 3 rings (SSSR count). The molecule has 1 aromatic heterocycles. The molecule has 0 saturated heterocycles. The van der Waals surface area contributed by atoms with Crippen molar-refractivity contribution in [3.05, 3.63) is 39.6 Å². The van der Waals surface area contributed by atoms with Crippen molar-refractivity contribution in [2.24, 2.45) is 0 Å². The Morgan fingerprint density at radius 2 is 2.14 bits per heavy atom. The highest BCUT2D eigenvalue weighted by molar-refractivity contribution is 7.80. The Kier molecular flexibility index (Phi) is 3.71. The number of rotatable bonds is 2. The summed E-state index contributed by atoms with van der Waals surface area (Å²) in [6.07, 6.45) is 1.34. The Hall–Kier alpha value is -1.50. The lowest BCUT2D eigenvalue weighted by Crippen LogP contribution is -2.47. The molecule has 2 aromatic rings. The lowest BCUT2D eigenvalue weighted by Gasteiger charge is -2.42. The molecule has 2 heterocycles. The number of benzene rings is 1. The Morgan fingerprint density at radius 1 is 1.41 bits per heavy atom. The second-order valence-electron chi connectivity index (χ2n) is 5.45. The van der Waals surface area contributed by atoms with Gasteiger partial charge in [-0.25, -0.2) is 0 Å². The van der Waals surface area contributed by atoms with Crippen molar-refractivity contribution in [3.63, 3.8) is 0 Å². The maximum atomic E-state index is 12.6. The quantitative estimate of drug-likeness (QED) is 0.435. The molecule has 0 saturated carbocycles. The SMILES string of the molecule is C=CC(=O)N1c2c(OC)cccc2-c2c(ssc2=S)C1(C)C. The number of amides is 1. The molecule has 1 aliphatic heterocycles. The third kappa shape index (κ3) is 1.98. The summed E-state index contributed by atoms with van der Waals surface area (Å²) in [5.41, 5.74) is 2.27. The van der Waals surface area contributed by atoms with Crippen LogP contribution >= 0.6 is 32.9 Å². The van der Waals surface area contributed by atoms with Crippen LogP contribution < -0.4 is 9.64 Å². The average Bonchev–Trinajstić information content (AvgIpc) is 2.89. The number of ether oxygens (including phenoxy) is 1. The number of carbonyl (C=O) groups excluding carboxylic acids is 1. The standard InChI is InChI=1S/C16H15NO2S3/c1-5-11(18)17-13-9(7-6-8-10(13)19-4)12-14(16(17,2)3)21-22-15(12)20/h5-8H,1H2,2-4H3. The van der Waals surface area contributed by atoms with E-state index < -0.39 is 5.54 Å². The van der Waals surface area contributed by atoms with Crippen LogP contribution in [0.25, 0.3) is 11.1 Å². The summed E-state index contributed by atoms with van der Waals surface area (Å²) in [4.78, 5) is 15.4. The first-order valence-electron chi connectivity index (χ1n) is 6.71. The first-order chi connectivity index (χ1) is 10.4. The zero-order valence-electron chi connectivity index (χ0n) is 12.5. The highest BCUT2D eigenvalue weighted by Crippen LogP contribution is 2.54. The zero-order valence-corrected chi connectivity index (χ0v) is 15.0. The van der Waals surface area contributed by atoms with Crippen molar-refractivity contribution in [2.75, 3.05) is 12.0 Å². The molecule has 0 atom stereocenters. The smallest absolute Gasteiger partial charge is 0.251 e. The van der Waals surface area contributed by atoms with Gasteiger partial charge in [-0.3, -0.25) is 9.69 Å². The van der Waals surface area contributed by atoms with Crippen LogP contribution in [0.2, 0.25) is 0 Å². The molecular weight excluding hydrogens is 334 g/mol. The fourth-order valence-corrected chi connectivity index (χ4v) is 6.15. The van der Waals surface area contributed by atoms with Gasteiger partial charge in [-0.15, -0.1) is 0 Å². The summed E-state index contributed by atoms with van der Waals surface area (Å²) in [5.74, 6) is 0.516. The first-order valence-corrected chi connectivity index (χ1v) is 9.27. The van der Waals surface area contributed by atoms with E-state index in [1.807, 2.05) is 32.0 Å². The minimum absolute atomic E-state index is 0.147. The van der Waals surface area contributed by atoms with Crippen molar-refractivity contribution < 1.29 is 9.53 Å². The van der Waals surface area contributed by atoms with E-state index in [2.05, 4.69) is 6.58 Å². The first kappa shape index (κ1) is 15.4. The van der Waals surface area contributed by atoms with Crippen LogP contribution in [0.15, 0.2) is 30.9 Å². The molecule has 114 valence electrons. The van der Waals surface area contributed by atoms with Gasteiger partial charge in [0.25, 0.3) is 5.91 Å². The average molecular weight is 350 g/mol. The number of nitrogens with zero attached hydrogens (tertiary/aromatic N) is 1. The van der Waals surface area contributed by atoms with Crippen molar-refractivity contribution in [1.82, 2.24) is 0 Å². The number of carbonyl (C=O) groups is 1. The maximum absolute atomic E-state index is 12.6. The van der Waals surface area contributed by atoms with Crippen LogP contribution in [0.5, 0.6) is 5.75 Å². The second kappa shape index (κ2) is 5.30. The van der Waals surface area contributed by atoms with Crippen LogP contribution in [0, 0.1) is 3.82 Å². The molecule has 1 aromatic carbocycles. The predicted octanol–water partition coefficient (Wildman–Crippen LogP) is 4.98. The number of methoxy groups -OCH3 is 1. The van der Waals surface area contributed by atoms with Gasteiger partial charge < -0.3 is 4.74 Å². The molecule has 0 bridgehead atoms. The Morgan fingerprint density at radius 3 is 2.77 bits per heavy atom. The zero-order chi connectivity index (χ0) is 16.1. The van der Waals surface area contributed by atoms with E-state index >= 15 is 0 Å². The molecule has 0 radical (unpaired) electrons. The van der Waals surface area contributed by atoms with Gasteiger partial charge in [-0.2, -0.15) is 0 Å². The third-order valence-corrected chi connectivity index (χ3v) is 7.18. The molecule has 0 fully saturated rings. The van der Waals surface area contributed by atoms with Gasteiger partial charge in [0, 0.05) is 11.1 Å². The highest BCUT2D eigenvalue weighted by Gasteiger charge is 2.43. The molecular formula is C16H15NO2S3. The van der Waals surface area contributed by atoms with Gasteiger partial charge >= 0.3 is 0 Å². The number of hydrogen-bond acceptors (Lipinski definition) is 5. The van der Waals surface area contributed by atoms with E-state index in [0.717, 1.165) is 25.5 Å². The number of para-hydroxylation sites is 1. The Labute approximate surface area is 141 Å². The van der Waals surface area contributed by atoms with E-state index in [9.17, 15) is 4.79 Å². The van der Waals surface area contributed by atoms with E-state index in [-0.39, 0.29) is 5.91 Å². The summed E-state index contributed by atoms with van der Waals surface area (Å²) < 4.78 is 6.36. The third-order valence-electron chi connectivity index (χ3n) is 3.85. The van der Waals surface area contributed by atoms with E-state index in [1.54, 1.807) is 32.7 Å². The van der Waals surface area contributed by atoms with Crippen molar-refractivity contribution in [2.45, 2.75) is 19.4 Å². The largest absolute Gasteiger partial charge is 0.495 e. The minimum atomic E-state index is -0.500. The molecule has 0 spiro atoms. The monoisotopic (exact) mass is 349 g/mol. The molecule has 0 unspecified atom stereocenters. The maximum Gasteiger partial charge on any atom is 0.251 e. The van der Waals surface area contributed by atoms with Gasteiger partial charge in [-0.1, -0.05) is 51.6 Å². The highest BCUT2D eigenvalue weighted by atomic mass is 32.9. The van der Waals surface area contributed by atoms with E-state index in [0.29, 0.717) is 5.75 Å². The van der Waals surface area contributed by atoms with Crippen LogP contribution in [0.4, 0.5) is 5.69 Å².